The summed E-state index contributed by atoms with van der Waals surface area (Å²) in [5, 5.41) is 11.5. The summed E-state index contributed by atoms with van der Waals surface area (Å²) in [6.45, 7) is 7.77. The molecule has 1 aromatic heterocycles. The third kappa shape index (κ3) is 10.0. The minimum atomic E-state index is -1.02. The third-order valence-electron chi connectivity index (χ3n) is 10.1. The summed E-state index contributed by atoms with van der Waals surface area (Å²) in [5.74, 6) is -1.55. The molecule has 4 N–H and O–H groups in total. The monoisotopic (exact) mass is 743 g/mol. The molecular formula is C36H53N7O6S2. The minimum Gasteiger partial charge on any atom is -0.347 e. The lowest BCUT2D eigenvalue weighted by molar-refractivity contribution is -0.145. The molecule has 2 aliphatic heterocycles. The van der Waals surface area contributed by atoms with Crippen molar-refractivity contribution in [2.24, 2.45) is 11.3 Å². The van der Waals surface area contributed by atoms with Crippen molar-refractivity contribution in [2.45, 2.75) is 133 Å². The van der Waals surface area contributed by atoms with Gasteiger partial charge in [0.15, 0.2) is 0 Å². The average molecular weight is 744 g/mol. The molecule has 2 aliphatic carbocycles. The van der Waals surface area contributed by atoms with E-state index in [9.17, 15) is 28.8 Å². The molecule has 4 fully saturated rings. The molecule has 4 atom stereocenters. The lowest BCUT2D eigenvalue weighted by atomic mass is 9.82. The molecule has 15 heteroatoms. The van der Waals surface area contributed by atoms with Crippen LogP contribution in [0.5, 0.6) is 0 Å². The van der Waals surface area contributed by atoms with Crippen LogP contribution in [0.3, 0.4) is 0 Å². The number of nitrogens with zero attached hydrogens (tertiary/aromatic N) is 3. The molecule has 5 rings (SSSR count). The van der Waals surface area contributed by atoms with E-state index in [1.165, 1.54) is 18.6 Å². The van der Waals surface area contributed by atoms with E-state index in [0.717, 1.165) is 62.9 Å². The van der Waals surface area contributed by atoms with Gasteiger partial charge in [0.1, 0.15) is 23.8 Å². The van der Waals surface area contributed by atoms with Crippen LogP contribution in [0, 0.1) is 11.3 Å². The summed E-state index contributed by atoms with van der Waals surface area (Å²) in [4.78, 5) is 91.9. The fraction of sp³-hybridized carbons (Fsp3) is 0.722. The topological polar surface area (TPSA) is 180 Å². The number of aromatic nitrogens is 2. The first kappa shape index (κ1) is 39.0. The molecule has 13 nitrogen and oxygen atoms in total. The van der Waals surface area contributed by atoms with Gasteiger partial charge in [0.25, 0.3) is 11.8 Å². The SMILES string of the molecule is CCC[C@@H](NC(=O)[C@@H]1CC2(CN1C(=O)[C@@H](NC(=O)[C@@H](NC(=O)c1cnccn1)C1CCCCC1)C(C)(C)C)SCCCS2)C(=O)C(=O)NC1CC1. The van der Waals surface area contributed by atoms with Crippen molar-refractivity contribution >= 4 is 58.8 Å². The number of amides is 5. The molecule has 0 radical (unpaired) electrons. The summed E-state index contributed by atoms with van der Waals surface area (Å²) in [6.07, 6.45) is 12.6. The number of hydrogen-bond acceptors (Lipinski definition) is 10. The van der Waals surface area contributed by atoms with Gasteiger partial charge < -0.3 is 26.2 Å². The van der Waals surface area contributed by atoms with Gasteiger partial charge in [-0.15, -0.1) is 23.5 Å². The third-order valence-corrected chi connectivity index (χ3v) is 13.5. The molecule has 2 saturated carbocycles. The summed E-state index contributed by atoms with van der Waals surface area (Å²) in [7, 11) is 0. The first-order valence-electron chi connectivity index (χ1n) is 18.4. The molecule has 1 aromatic rings. The molecule has 2 saturated heterocycles. The van der Waals surface area contributed by atoms with E-state index >= 15 is 0 Å². The summed E-state index contributed by atoms with van der Waals surface area (Å²) >= 11 is 3.49. The van der Waals surface area contributed by atoms with Gasteiger partial charge in [-0.25, -0.2) is 4.98 Å². The number of nitrogens with one attached hydrogen (secondary N) is 4. The smallest absolute Gasteiger partial charge is 0.289 e. The number of thioether (sulfide) groups is 2. The maximum Gasteiger partial charge on any atom is 0.289 e. The zero-order chi connectivity index (χ0) is 36.8. The van der Waals surface area contributed by atoms with Gasteiger partial charge in [-0.2, -0.15) is 0 Å². The molecule has 0 aromatic carbocycles. The van der Waals surface area contributed by atoms with Crippen LogP contribution >= 0.6 is 23.5 Å². The van der Waals surface area contributed by atoms with Crippen LogP contribution in [0.25, 0.3) is 0 Å². The average Bonchev–Trinajstić information content (AvgIpc) is 3.87. The van der Waals surface area contributed by atoms with Crippen molar-refractivity contribution < 1.29 is 28.8 Å². The summed E-state index contributed by atoms with van der Waals surface area (Å²) < 4.78 is -0.411. The number of carbonyl (C=O) groups excluding carboxylic acids is 6. The minimum absolute atomic E-state index is 0.00479. The predicted molar refractivity (Wildman–Crippen MR) is 197 cm³/mol. The molecule has 51 heavy (non-hydrogen) atoms. The first-order chi connectivity index (χ1) is 24.3. The molecule has 0 unspecified atom stereocenters. The first-order valence-corrected chi connectivity index (χ1v) is 20.4. The van der Waals surface area contributed by atoms with E-state index in [1.807, 2.05) is 27.7 Å². The predicted octanol–water partition coefficient (Wildman–Crippen LogP) is 2.99. The van der Waals surface area contributed by atoms with Crippen molar-refractivity contribution in [3.8, 4) is 0 Å². The number of Topliss-reactive ketones (excluding diaryl/α,β-unsaturated/α-hetero) is 1. The summed E-state index contributed by atoms with van der Waals surface area (Å²) in [5.41, 5.74) is -0.664. The Morgan fingerprint density at radius 2 is 1.65 bits per heavy atom. The second kappa shape index (κ2) is 17.1. The Morgan fingerprint density at radius 1 is 0.941 bits per heavy atom. The Hall–Kier alpha value is -3.20. The molecular weight excluding hydrogens is 691 g/mol. The lowest BCUT2D eigenvalue weighted by Gasteiger charge is -2.38. The number of hydrogen-bond donors (Lipinski definition) is 4. The number of carbonyl (C=O) groups is 6. The Balaban J connectivity index is 1.38. The van der Waals surface area contributed by atoms with Crippen molar-refractivity contribution in [2.75, 3.05) is 18.1 Å². The number of rotatable bonds is 13. The zero-order valence-corrected chi connectivity index (χ0v) is 31.8. The fourth-order valence-electron chi connectivity index (χ4n) is 7.14. The largest absolute Gasteiger partial charge is 0.347 e. The van der Waals surface area contributed by atoms with Crippen LogP contribution in [0.4, 0.5) is 0 Å². The van der Waals surface area contributed by atoms with Crippen molar-refractivity contribution in [1.82, 2.24) is 36.1 Å². The highest BCUT2D eigenvalue weighted by atomic mass is 32.2. The Bertz CT molecular complexity index is 1440. The maximum absolute atomic E-state index is 14.8. The highest BCUT2D eigenvalue weighted by Gasteiger charge is 2.53. The Labute approximate surface area is 309 Å². The second-order valence-corrected chi connectivity index (χ2v) is 18.6. The van der Waals surface area contributed by atoms with Gasteiger partial charge in [-0.05, 0) is 61.4 Å². The van der Waals surface area contributed by atoms with Crippen LogP contribution in [0.15, 0.2) is 18.6 Å². The molecule has 4 aliphatic rings. The van der Waals surface area contributed by atoms with E-state index in [1.54, 1.807) is 28.4 Å². The number of likely N-dealkylation sites (tertiary alicyclic amines) is 1. The van der Waals surface area contributed by atoms with E-state index in [2.05, 4.69) is 31.2 Å². The van der Waals surface area contributed by atoms with E-state index in [-0.39, 0.29) is 17.7 Å². The van der Waals surface area contributed by atoms with Gasteiger partial charge in [0.2, 0.25) is 23.5 Å². The van der Waals surface area contributed by atoms with Crippen molar-refractivity contribution in [1.29, 1.82) is 0 Å². The molecule has 280 valence electrons. The second-order valence-electron chi connectivity index (χ2n) is 15.4. The highest BCUT2D eigenvalue weighted by Crippen LogP contribution is 2.50. The van der Waals surface area contributed by atoms with Crippen LogP contribution in [-0.2, 0) is 24.0 Å². The molecule has 5 amide bonds. The zero-order valence-electron chi connectivity index (χ0n) is 30.2. The van der Waals surface area contributed by atoms with E-state index in [4.69, 9.17) is 0 Å². The van der Waals surface area contributed by atoms with E-state index in [0.29, 0.717) is 25.8 Å². The fourth-order valence-corrected chi connectivity index (χ4v) is 10.5. The molecule has 3 heterocycles. The lowest BCUT2D eigenvalue weighted by Crippen LogP contribution is -2.62. The maximum atomic E-state index is 14.8. The summed E-state index contributed by atoms with van der Waals surface area (Å²) in [6, 6.07) is -3.82. The van der Waals surface area contributed by atoms with Gasteiger partial charge in [-0.1, -0.05) is 53.4 Å². The van der Waals surface area contributed by atoms with Crippen LogP contribution in [-0.4, -0.2) is 103 Å². The normalized spacial score (nSPS) is 22.4. The van der Waals surface area contributed by atoms with Crippen molar-refractivity contribution in [3.63, 3.8) is 0 Å². The van der Waals surface area contributed by atoms with E-state index < -0.39 is 69.0 Å². The Kier molecular flexibility index (Phi) is 13.1. The van der Waals surface area contributed by atoms with Crippen molar-refractivity contribution in [3.05, 3.63) is 24.3 Å². The van der Waals surface area contributed by atoms with Gasteiger partial charge in [-0.3, -0.25) is 33.8 Å². The Morgan fingerprint density at radius 3 is 2.25 bits per heavy atom. The standard InChI is InChI=1S/C36H53N7O6S2/c1-5-10-24(28(44)33(48)39-23-13-14-23)40-31(46)26-19-36(50-17-9-18-51-36)21-43(26)34(49)29(35(2,3)4)42-32(47)27(22-11-7-6-8-12-22)41-30(45)25-20-37-15-16-38-25/h15-16,20,22-24,26-27,29H,5-14,17-19,21H2,1-4H3,(H,39,48)(H,40,46)(H,41,45)(H,42,47)/t24-,26+,27+,29-/m1/s1. The van der Waals surface area contributed by atoms with Gasteiger partial charge in [0, 0.05) is 31.4 Å². The van der Waals surface area contributed by atoms with Crippen LogP contribution in [0.2, 0.25) is 0 Å². The molecule has 0 bridgehead atoms. The highest BCUT2D eigenvalue weighted by molar-refractivity contribution is 8.18. The van der Waals surface area contributed by atoms with Gasteiger partial charge in [0.05, 0.1) is 16.3 Å². The molecule has 1 spiro atoms. The van der Waals surface area contributed by atoms with Crippen LogP contribution in [0.1, 0.15) is 109 Å². The van der Waals surface area contributed by atoms with Crippen LogP contribution < -0.4 is 21.3 Å². The quantitative estimate of drug-likeness (QED) is 0.220. The number of ketones is 1. The van der Waals surface area contributed by atoms with Gasteiger partial charge >= 0.3 is 0 Å².